The number of fused-ring (bicyclic) bond motifs is 1. The largest absolute Gasteiger partial charge is 0.320 e. The first-order valence-electron chi connectivity index (χ1n) is 6.45. The van der Waals surface area contributed by atoms with Crippen LogP contribution in [0.15, 0.2) is 54.6 Å². The standard InChI is InChI=1S/C17H12ClFIN/c18-14-9-10(5-8-16(14)20)17(21)13-6-7-15(19)12-4-2-1-3-11(12)13/h1-9,17H,21H2. The molecule has 21 heavy (non-hydrogen) atoms. The van der Waals surface area contributed by atoms with E-state index in [9.17, 15) is 4.39 Å². The van der Waals surface area contributed by atoms with Crippen LogP contribution in [0, 0.1) is 9.39 Å². The molecule has 0 saturated carbocycles. The van der Waals surface area contributed by atoms with Gasteiger partial charge in [0.2, 0.25) is 0 Å². The number of benzene rings is 3. The highest BCUT2D eigenvalue weighted by Gasteiger charge is 2.14. The van der Waals surface area contributed by atoms with E-state index in [2.05, 4.69) is 22.6 Å². The van der Waals surface area contributed by atoms with Gasteiger partial charge in [0, 0.05) is 8.96 Å². The summed E-state index contributed by atoms with van der Waals surface area (Å²) in [6.45, 7) is 0. The zero-order valence-electron chi connectivity index (χ0n) is 11.0. The molecule has 3 aromatic carbocycles. The second kappa shape index (κ2) is 5.91. The van der Waals surface area contributed by atoms with Gasteiger partial charge in [-0.05, 0) is 57.3 Å². The number of hydrogen-bond acceptors (Lipinski definition) is 1. The average Bonchev–Trinajstić information content (AvgIpc) is 2.50. The lowest BCUT2D eigenvalue weighted by Gasteiger charge is -2.16. The third kappa shape index (κ3) is 2.78. The van der Waals surface area contributed by atoms with Crippen molar-refractivity contribution in [3.05, 3.63) is 80.1 Å². The molecule has 0 heterocycles. The number of rotatable bonds is 2. The Kier molecular flexibility index (Phi) is 4.15. The minimum absolute atomic E-state index is 0.234. The zero-order chi connectivity index (χ0) is 15.0. The van der Waals surface area contributed by atoms with Crippen molar-refractivity contribution in [2.45, 2.75) is 6.04 Å². The predicted molar refractivity (Wildman–Crippen MR) is 94.1 cm³/mol. The summed E-state index contributed by atoms with van der Waals surface area (Å²) in [7, 11) is 0. The second-order valence-electron chi connectivity index (χ2n) is 4.83. The quantitative estimate of drug-likeness (QED) is 0.570. The summed E-state index contributed by atoms with van der Waals surface area (Å²) >= 11 is 8.34. The fourth-order valence-electron chi connectivity index (χ4n) is 2.44. The lowest BCUT2D eigenvalue weighted by atomic mass is 9.94. The molecule has 0 aliphatic heterocycles. The smallest absolute Gasteiger partial charge is 0.131 e. The van der Waals surface area contributed by atoms with Crippen molar-refractivity contribution in [1.82, 2.24) is 0 Å². The Balaban J connectivity index is 2.15. The van der Waals surface area contributed by atoms with E-state index in [0.29, 0.717) is 10.4 Å². The van der Waals surface area contributed by atoms with Gasteiger partial charge < -0.3 is 5.73 Å². The SMILES string of the molecule is NC(c1ccc(I)c(Cl)c1)c1ccc(F)c2ccccc12. The Morgan fingerprint density at radius 2 is 1.71 bits per heavy atom. The summed E-state index contributed by atoms with van der Waals surface area (Å²) in [4.78, 5) is 0. The van der Waals surface area contributed by atoms with Crippen molar-refractivity contribution < 1.29 is 4.39 Å². The van der Waals surface area contributed by atoms with Crippen LogP contribution in [0.5, 0.6) is 0 Å². The van der Waals surface area contributed by atoms with Gasteiger partial charge in [0.05, 0.1) is 11.1 Å². The topological polar surface area (TPSA) is 26.0 Å². The molecule has 3 aromatic rings. The Morgan fingerprint density at radius 1 is 1.00 bits per heavy atom. The van der Waals surface area contributed by atoms with Crippen LogP contribution in [0.25, 0.3) is 10.8 Å². The third-order valence-electron chi connectivity index (χ3n) is 3.54. The Bertz CT molecular complexity index is 819. The van der Waals surface area contributed by atoms with Gasteiger partial charge in [-0.1, -0.05) is 48.0 Å². The Hall–Kier alpha value is -1.17. The molecule has 0 aliphatic carbocycles. The fraction of sp³-hybridized carbons (Fsp3) is 0.0588. The molecule has 0 spiro atoms. The highest BCUT2D eigenvalue weighted by molar-refractivity contribution is 14.1. The van der Waals surface area contributed by atoms with E-state index in [4.69, 9.17) is 17.3 Å². The summed E-state index contributed by atoms with van der Waals surface area (Å²) in [5.74, 6) is -0.234. The van der Waals surface area contributed by atoms with Crippen molar-refractivity contribution in [2.75, 3.05) is 0 Å². The molecular formula is C17H12ClFIN. The van der Waals surface area contributed by atoms with E-state index in [-0.39, 0.29) is 11.9 Å². The average molecular weight is 412 g/mol. The molecule has 1 atom stereocenters. The van der Waals surface area contributed by atoms with Gasteiger partial charge in [-0.15, -0.1) is 0 Å². The summed E-state index contributed by atoms with van der Waals surface area (Å²) < 4.78 is 14.9. The van der Waals surface area contributed by atoms with E-state index in [1.165, 1.54) is 6.07 Å². The number of halogens is 3. The highest BCUT2D eigenvalue weighted by atomic mass is 127. The molecule has 0 bridgehead atoms. The van der Waals surface area contributed by atoms with Crippen LogP contribution in [-0.4, -0.2) is 0 Å². The third-order valence-corrected chi connectivity index (χ3v) is 5.11. The summed E-state index contributed by atoms with van der Waals surface area (Å²) in [5.41, 5.74) is 8.17. The van der Waals surface area contributed by atoms with Crippen LogP contribution in [-0.2, 0) is 0 Å². The van der Waals surface area contributed by atoms with Gasteiger partial charge in [0.15, 0.2) is 0 Å². The highest BCUT2D eigenvalue weighted by Crippen LogP contribution is 2.31. The minimum Gasteiger partial charge on any atom is -0.320 e. The van der Waals surface area contributed by atoms with E-state index < -0.39 is 0 Å². The number of nitrogens with two attached hydrogens (primary N) is 1. The minimum atomic E-state index is -0.343. The normalized spacial score (nSPS) is 12.6. The second-order valence-corrected chi connectivity index (χ2v) is 6.40. The molecular weight excluding hydrogens is 400 g/mol. The van der Waals surface area contributed by atoms with E-state index >= 15 is 0 Å². The molecule has 4 heteroatoms. The van der Waals surface area contributed by atoms with Crippen LogP contribution in [0.4, 0.5) is 4.39 Å². The Labute approximate surface area is 141 Å². The molecule has 0 aromatic heterocycles. The first-order chi connectivity index (χ1) is 10.1. The van der Waals surface area contributed by atoms with Crippen LogP contribution in [0.1, 0.15) is 17.2 Å². The molecule has 0 radical (unpaired) electrons. The van der Waals surface area contributed by atoms with E-state index in [0.717, 1.165) is 20.1 Å². The molecule has 0 saturated heterocycles. The van der Waals surface area contributed by atoms with E-state index in [1.54, 1.807) is 12.1 Å². The maximum absolute atomic E-state index is 13.9. The van der Waals surface area contributed by atoms with Crippen molar-refractivity contribution >= 4 is 45.0 Å². The lowest BCUT2D eigenvalue weighted by molar-refractivity contribution is 0.639. The molecule has 106 valence electrons. The summed E-state index contributed by atoms with van der Waals surface area (Å²) in [6, 6.07) is 16.0. The number of hydrogen-bond donors (Lipinski definition) is 1. The van der Waals surface area contributed by atoms with Crippen LogP contribution in [0.2, 0.25) is 5.02 Å². The van der Waals surface area contributed by atoms with Crippen molar-refractivity contribution in [3.63, 3.8) is 0 Å². The fourth-order valence-corrected chi connectivity index (χ4v) is 2.97. The van der Waals surface area contributed by atoms with Gasteiger partial charge in [-0.3, -0.25) is 0 Å². The monoisotopic (exact) mass is 411 g/mol. The van der Waals surface area contributed by atoms with Crippen molar-refractivity contribution in [1.29, 1.82) is 0 Å². The molecule has 0 fully saturated rings. The summed E-state index contributed by atoms with van der Waals surface area (Å²) in [5, 5.41) is 2.09. The lowest BCUT2D eigenvalue weighted by Crippen LogP contribution is -2.12. The van der Waals surface area contributed by atoms with E-state index in [1.807, 2.05) is 36.4 Å². The van der Waals surface area contributed by atoms with Gasteiger partial charge >= 0.3 is 0 Å². The maximum Gasteiger partial charge on any atom is 0.131 e. The van der Waals surface area contributed by atoms with Crippen LogP contribution < -0.4 is 5.73 Å². The molecule has 2 N–H and O–H groups in total. The predicted octanol–water partition coefficient (Wildman–Crippen LogP) is 5.29. The maximum atomic E-state index is 13.9. The molecule has 1 nitrogen and oxygen atoms in total. The summed E-state index contributed by atoms with van der Waals surface area (Å²) in [6.07, 6.45) is 0. The molecule has 0 amide bonds. The Morgan fingerprint density at radius 3 is 2.43 bits per heavy atom. The first kappa shape index (κ1) is 14.8. The van der Waals surface area contributed by atoms with Gasteiger partial charge in [-0.2, -0.15) is 0 Å². The van der Waals surface area contributed by atoms with Gasteiger partial charge in [-0.25, -0.2) is 4.39 Å². The van der Waals surface area contributed by atoms with Gasteiger partial charge in [0.25, 0.3) is 0 Å². The molecule has 0 aliphatic rings. The van der Waals surface area contributed by atoms with Gasteiger partial charge in [0.1, 0.15) is 5.82 Å². The molecule has 3 rings (SSSR count). The first-order valence-corrected chi connectivity index (χ1v) is 7.91. The molecule has 1 unspecified atom stereocenters. The van der Waals surface area contributed by atoms with Crippen molar-refractivity contribution in [3.8, 4) is 0 Å². The zero-order valence-corrected chi connectivity index (χ0v) is 13.9. The van der Waals surface area contributed by atoms with Crippen molar-refractivity contribution in [2.24, 2.45) is 5.73 Å². The van der Waals surface area contributed by atoms with Crippen LogP contribution >= 0.6 is 34.2 Å². The van der Waals surface area contributed by atoms with Crippen LogP contribution in [0.3, 0.4) is 0 Å².